The molecule has 0 saturated heterocycles. The fraction of sp³-hybridized carbons (Fsp3) is 0.0455. The Morgan fingerprint density at radius 3 is 2.66 bits per heavy atom. The first-order chi connectivity index (χ1) is 15.5. The molecule has 2 aromatic heterocycles. The quantitative estimate of drug-likeness (QED) is 0.404. The molecule has 2 N–H and O–H groups in total. The Balaban J connectivity index is 1.58. The third-order valence-electron chi connectivity index (χ3n) is 4.89. The molecule has 0 spiro atoms. The molecule has 32 heavy (non-hydrogen) atoms. The molecule has 7 nitrogen and oxygen atoms in total. The summed E-state index contributed by atoms with van der Waals surface area (Å²) < 4.78 is 21.4. The number of anilines is 2. The molecule has 4 aromatic rings. The highest BCUT2D eigenvalue weighted by Gasteiger charge is 2.29. The molecule has 0 saturated carbocycles. The van der Waals surface area contributed by atoms with Crippen molar-refractivity contribution in [2.24, 2.45) is 0 Å². The molecule has 1 atom stereocenters. The lowest BCUT2D eigenvalue weighted by Crippen LogP contribution is -2.21. The number of nitrogens with zero attached hydrogens (tertiary/aromatic N) is 3. The number of hydrogen-bond donors (Lipinski definition) is 2. The minimum Gasteiger partial charge on any atom is -0.459 e. The van der Waals surface area contributed by atoms with Gasteiger partial charge in [0.1, 0.15) is 11.9 Å². The van der Waals surface area contributed by atoms with Gasteiger partial charge in [-0.1, -0.05) is 41.4 Å². The van der Waals surface area contributed by atoms with Gasteiger partial charge in [-0.15, -0.1) is 5.10 Å². The summed E-state index contributed by atoms with van der Waals surface area (Å²) in [6.07, 6.45) is 3.17. The van der Waals surface area contributed by atoms with E-state index in [1.54, 1.807) is 30.3 Å². The number of carbonyl (C=O) groups excluding carboxylic acids is 1. The normalized spacial score (nSPS) is 15.0. The van der Waals surface area contributed by atoms with Crippen LogP contribution >= 0.6 is 23.2 Å². The van der Waals surface area contributed by atoms with Crippen molar-refractivity contribution < 1.29 is 13.6 Å². The summed E-state index contributed by atoms with van der Waals surface area (Å²) >= 11 is 12.4. The van der Waals surface area contributed by atoms with Crippen molar-refractivity contribution in [2.75, 3.05) is 10.6 Å². The van der Waals surface area contributed by atoms with E-state index in [1.807, 2.05) is 12.1 Å². The molecule has 2 aromatic carbocycles. The van der Waals surface area contributed by atoms with Crippen molar-refractivity contribution in [3.05, 3.63) is 99.7 Å². The Morgan fingerprint density at radius 1 is 1.12 bits per heavy atom. The smallest absolute Gasteiger partial charge is 0.293 e. The Labute approximate surface area is 191 Å². The second-order valence-corrected chi connectivity index (χ2v) is 7.77. The number of carbonyl (C=O) groups is 1. The van der Waals surface area contributed by atoms with E-state index in [4.69, 9.17) is 27.6 Å². The average Bonchev–Trinajstić information content (AvgIpc) is 3.44. The third kappa shape index (κ3) is 3.74. The number of rotatable bonds is 4. The maximum atomic E-state index is 14.8. The molecule has 0 fully saturated rings. The highest BCUT2D eigenvalue weighted by Crippen LogP contribution is 2.37. The van der Waals surface area contributed by atoms with Gasteiger partial charge in [0.05, 0.1) is 6.26 Å². The SMILES string of the molecule is O=C(Nc1nc2n(n1)[C@@H](c1c(F)cccc1Cl)C=C(c1ccc(Cl)cc1)N2)c1ccco1. The summed E-state index contributed by atoms with van der Waals surface area (Å²) in [4.78, 5) is 16.7. The monoisotopic (exact) mass is 469 g/mol. The minimum absolute atomic E-state index is 0.0251. The van der Waals surface area contributed by atoms with Crippen LogP contribution in [0.3, 0.4) is 0 Å². The molecule has 1 amide bonds. The fourth-order valence-electron chi connectivity index (χ4n) is 3.41. The van der Waals surface area contributed by atoms with Gasteiger partial charge in [0.2, 0.25) is 5.95 Å². The molecule has 160 valence electrons. The van der Waals surface area contributed by atoms with Crippen LogP contribution in [-0.4, -0.2) is 20.7 Å². The third-order valence-corrected chi connectivity index (χ3v) is 5.47. The molecule has 0 bridgehead atoms. The highest BCUT2D eigenvalue weighted by molar-refractivity contribution is 6.31. The van der Waals surface area contributed by atoms with Crippen molar-refractivity contribution in [2.45, 2.75) is 6.04 Å². The van der Waals surface area contributed by atoms with Crippen LogP contribution in [0.4, 0.5) is 16.3 Å². The molecular weight excluding hydrogens is 456 g/mol. The van der Waals surface area contributed by atoms with E-state index in [2.05, 4.69) is 20.7 Å². The fourth-order valence-corrected chi connectivity index (χ4v) is 3.81. The summed E-state index contributed by atoms with van der Waals surface area (Å²) in [6.45, 7) is 0. The van der Waals surface area contributed by atoms with Crippen molar-refractivity contribution in [1.82, 2.24) is 14.8 Å². The van der Waals surface area contributed by atoms with E-state index in [9.17, 15) is 9.18 Å². The summed E-state index contributed by atoms with van der Waals surface area (Å²) in [5.41, 5.74) is 1.70. The Morgan fingerprint density at radius 2 is 1.94 bits per heavy atom. The molecule has 1 aliphatic rings. The maximum absolute atomic E-state index is 14.8. The van der Waals surface area contributed by atoms with Gasteiger partial charge in [0, 0.05) is 21.3 Å². The summed E-state index contributed by atoms with van der Waals surface area (Å²) in [5, 5.41) is 10.9. The Hall–Kier alpha value is -3.62. The topological polar surface area (TPSA) is 85.0 Å². The predicted molar refractivity (Wildman–Crippen MR) is 119 cm³/mol. The van der Waals surface area contributed by atoms with Gasteiger partial charge in [-0.2, -0.15) is 4.98 Å². The number of aromatic nitrogens is 3. The molecule has 10 heteroatoms. The number of fused-ring (bicyclic) bond motifs is 1. The second kappa shape index (κ2) is 8.14. The van der Waals surface area contributed by atoms with Gasteiger partial charge in [-0.05, 0) is 48.0 Å². The summed E-state index contributed by atoms with van der Waals surface area (Å²) in [7, 11) is 0. The van der Waals surface area contributed by atoms with Gasteiger partial charge in [0.25, 0.3) is 11.9 Å². The largest absolute Gasteiger partial charge is 0.459 e. The zero-order valence-electron chi connectivity index (χ0n) is 16.2. The zero-order valence-corrected chi connectivity index (χ0v) is 17.7. The molecule has 3 heterocycles. The number of halogens is 3. The lowest BCUT2D eigenvalue weighted by molar-refractivity contribution is 0.0995. The lowest BCUT2D eigenvalue weighted by Gasteiger charge is -2.25. The molecule has 0 unspecified atom stereocenters. The molecule has 1 aliphatic heterocycles. The van der Waals surface area contributed by atoms with Crippen molar-refractivity contribution in [3.63, 3.8) is 0 Å². The first-order valence-electron chi connectivity index (χ1n) is 9.49. The Bertz CT molecular complexity index is 1310. The highest BCUT2D eigenvalue weighted by atomic mass is 35.5. The number of hydrogen-bond acceptors (Lipinski definition) is 5. The molecule has 5 rings (SSSR count). The molecule has 0 radical (unpaired) electrons. The van der Waals surface area contributed by atoms with E-state index in [0.717, 1.165) is 5.56 Å². The van der Waals surface area contributed by atoms with E-state index in [1.165, 1.54) is 29.1 Å². The summed E-state index contributed by atoms with van der Waals surface area (Å²) in [5.74, 6) is -0.559. The van der Waals surface area contributed by atoms with Crippen LogP contribution in [0.2, 0.25) is 10.0 Å². The second-order valence-electron chi connectivity index (χ2n) is 6.93. The van der Waals surface area contributed by atoms with E-state index < -0.39 is 17.8 Å². The van der Waals surface area contributed by atoms with Crippen LogP contribution in [0.1, 0.15) is 27.7 Å². The van der Waals surface area contributed by atoms with Crippen molar-refractivity contribution in [1.29, 1.82) is 0 Å². The molecule has 0 aliphatic carbocycles. The van der Waals surface area contributed by atoms with Crippen LogP contribution in [0.25, 0.3) is 5.70 Å². The zero-order chi connectivity index (χ0) is 22.2. The van der Waals surface area contributed by atoms with Gasteiger partial charge < -0.3 is 9.73 Å². The maximum Gasteiger partial charge on any atom is 0.293 e. The van der Waals surface area contributed by atoms with Crippen molar-refractivity contribution >= 4 is 46.7 Å². The minimum atomic E-state index is -0.715. The van der Waals surface area contributed by atoms with Gasteiger partial charge in [0.15, 0.2) is 5.76 Å². The predicted octanol–water partition coefficient (Wildman–Crippen LogP) is 5.63. The standard InChI is InChI=1S/C22H14Cl2FN5O2/c23-13-8-6-12(7-9-13)16-11-17(19-14(24)3-1-4-15(19)25)30-22(26-16)28-21(29-30)27-20(31)18-5-2-10-32-18/h1-11,17H,(H2,26,27,28,29,31)/t17-/m1/s1. The van der Waals surface area contributed by atoms with Crippen LogP contribution in [0.15, 0.2) is 71.4 Å². The van der Waals surface area contributed by atoms with Crippen LogP contribution < -0.4 is 10.6 Å². The van der Waals surface area contributed by atoms with E-state index >= 15 is 0 Å². The summed E-state index contributed by atoms with van der Waals surface area (Å²) in [6, 6.07) is 14.0. The number of benzene rings is 2. The van der Waals surface area contributed by atoms with Gasteiger partial charge in [-0.25, -0.2) is 9.07 Å². The Kier molecular flexibility index (Phi) is 5.16. The van der Waals surface area contributed by atoms with Crippen LogP contribution in [0, 0.1) is 5.82 Å². The number of nitrogens with one attached hydrogen (secondary N) is 2. The van der Waals surface area contributed by atoms with Crippen LogP contribution in [0.5, 0.6) is 0 Å². The first-order valence-corrected chi connectivity index (χ1v) is 10.3. The lowest BCUT2D eigenvalue weighted by atomic mass is 10.0. The number of allylic oxidation sites excluding steroid dienone is 1. The van der Waals surface area contributed by atoms with E-state index in [0.29, 0.717) is 16.7 Å². The number of furan rings is 1. The first kappa shape index (κ1) is 20.3. The van der Waals surface area contributed by atoms with Gasteiger partial charge >= 0.3 is 0 Å². The van der Waals surface area contributed by atoms with Crippen molar-refractivity contribution in [3.8, 4) is 0 Å². The van der Waals surface area contributed by atoms with E-state index in [-0.39, 0.29) is 22.3 Å². The van der Waals surface area contributed by atoms with Crippen LogP contribution in [-0.2, 0) is 0 Å². The van der Waals surface area contributed by atoms with Gasteiger partial charge in [-0.3, -0.25) is 10.1 Å². The average molecular weight is 470 g/mol. The number of amides is 1. The molecular formula is C22H14Cl2FN5O2.